The maximum Gasteiger partial charge on any atom is 0.339 e. The van der Waals surface area contributed by atoms with Crippen LogP contribution < -0.4 is 5.32 Å². The number of carbonyl (C=O) groups excluding carboxylic acids is 1. The standard InChI is InChI=1S/C16H15NO4/c18-14-10-12(7-8-13(14)16(20)21)17-15(19)9-6-11-4-2-1-3-5-11/h1-5,7-8,10,18H,6,9H2,(H,17,19)(H,20,21). The molecule has 5 heteroatoms. The molecule has 0 saturated carbocycles. The van der Waals surface area contributed by atoms with Crippen LogP contribution >= 0.6 is 0 Å². The fourth-order valence-electron chi connectivity index (χ4n) is 1.92. The Labute approximate surface area is 121 Å². The van der Waals surface area contributed by atoms with Gasteiger partial charge in [-0.2, -0.15) is 0 Å². The lowest BCUT2D eigenvalue weighted by Crippen LogP contribution is -2.12. The van der Waals surface area contributed by atoms with Crippen molar-refractivity contribution in [3.05, 3.63) is 59.7 Å². The molecule has 0 radical (unpaired) electrons. The highest BCUT2D eigenvalue weighted by Crippen LogP contribution is 2.22. The predicted octanol–water partition coefficient (Wildman–Crippen LogP) is 2.66. The van der Waals surface area contributed by atoms with Crippen LogP contribution in [-0.2, 0) is 11.2 Å². The molecule has 0 aliphatic rings. The Balaban J connectivity index is 1.94. The average Bonchev–Trinajstić information content (AvgIpc) is 2.46. The van der Waals surface area contributed by atoms with E-state index in [4.69, 9.17) is 5.11 Å². The van der Waals surface area contributed by atoms with Gasteiger partial charge in [0.05, 0.1) is 0 Å². The van der Waals surface area contributed by atoms with Gasteiger partial charge in [0.2, 0.25) is 5.91 Å². The summed E-state index contributed by atoms with van der Waals surface area (Å²) in [6, 6.07) is 13.6. The number of aromatic carboxylic acids is 1. The maximum atomic E-state index is 11.8. The molecule has 1 amide bonds. The fraction of sp³-hybridized carbons (Fsp3) is 0.125. The molecule has 0 aliphatic carbocycles. The minimum Gasteiger partial charge on any atom is -0.507 e. The van der Waals surface area contributed by atoms with Gasteiger partial charge in [0.25, 0.3) is 0 Å². The van der Waals surface area contributed by atoms with Crippen LogP contribution in [0.15, 0.2) is 48.5 Å². The third-order valence-corrected chi connectivity index (χ3v) is 3.00. The Morgan fingerprint density at radius 2 is 1.76 bits per heavy atom. The normalized spacial score (nSPS) is 10.1. The molecule has 0 atom stereocenters. The number of hydrogen-bond acceptors (Lipinski definition) is 3. The molecule has 0 fully saturated rings. The molecule has 0 unspecified atom stereocenters. The van der Waals surface area contributed by atoms with Crippen LogP contribution in [0.1, 0.15) is 22.3 Å². The van der Waals surface area contributed by atoms with Crippen LogP contribution in [0, 0.1) is 0 Å². The van der Waals surface area contributed by atoms with Crippen molar-refractivity contribution in [3.8, 4) is 5.75 Å². The SMILES string of the molecule is O=C(CCc1ccccc1)Nc1ccc(C(=O)O)c(O)c1. The lowest BCUT2D eigenvalue weighted by molar-refractivity contribution is -0.116. The van der Waals surface area contributed by atoms with Gasteiger partial charge >= 0.3 is 5.97 Å². The van der Waals surface area contributed by atoms with Crippen LogP contribution in [0.5, 0.6) is 5.75 Å². The van der Waals surface area contributed by atoms with Crippen LogP contribution in [0.2, 0.25) is 0 Å². The number of anilines is 1. The number of aryl methyl sites for hydroxylation is 1. The van der Waals surface area contributed by atoms with Crippen LogP contribution in [0.3, 0.4) is 0 Å². The third kappa shape index (κ3) is 4.07. The summed E-state index contributed by atoms with van der Waals surface area (Å²) in [6.45, 7) is 0. The van der Waals surface area contributed by atoms with E-state index in [9.17, 15) is 14.7 Å². The highest BCUT2D eigenvalue weighted by Gasteiger charge is 2.10. The lowest BCUT2D eigenvalue weighted by atomic mass is 10.1. The zero-order chi connectivity index (χ0) is 15.2. The van der Waals surface area contributed by atoms with E-state index in [1.165, 1.54) is 18.2 Å². The quantitative estimate of drug-likeness (QED) is 0.788. The second kappa shape index (κ2) is 6.56. The lowest BCUT2D eigenvalue weighted by Gasteiger charge is -2.07. The molecule has 21 heavy (non-hydrogen) atoms. The third-order valence-electron chi connectivity index (χ3n) is 3.00. The Bertz CT molecular complexity index is 653. The zero-order valence-electron chi connectivity index (χ0n) is 11.2. The van der Waals surface area contributed by atoms with E-state index in [0.717, 1.165) is 5.56 Å². The summed E-state index contributed by atoms with van der Waals surface area (Å²) in [7, 11) is 0. The van der Waals surface area contributed by atoms with Gasteiger partial charge in [-0.3, -0.25) is 4.79 Å². The van der Waals surface area contributed by atoms with Gasteiger partial charge in [-0.15, -0.1) is 0 Å². The van der Waals surface area contributed by atoms with Crippen molar-refractivity contribution >= 4 is 17.6 Å². The highest BCUT2D eigenvalue weighted by molar-refractivity contribution is 5.94. The van der Waals surface area contributed by atoms with Crippen LogP contribution in [-0.4, -0.2) is 22.1 Å². The second-order valence-corrected chi connectivity index (χ2v) is 4.57. The molecule has 5 nitrogen and oxygen atoms in total. The number of rotatable bonds is 5. The van der Waals surface area contributed by atoms with Crippen molar-refractivity contribution in [3.63, 3.8) is 0 Å². The number of amides is 1. The summed E-state index contributed by atoms with van der Waals surface area (Å²) in [5, 5.41) is 21.0. The Hall–Kier alpha value is -2.82. The van der Waals surface area contributed by atoms with Gasteiger partial charge in [-0.1, -0.05) is 30.3 Å². The first-order valence-corrected chi connectivity index (χ1v) is 6.46. The van der Waals surface area contributed by atoms with Crippen molar-refractivity contribution in [1.29, 1.82) is 0 Å². The average molecular weight is 285 g/mol. The molecule has 2 rings (SSSR count). The molecule has 2 aromatic carbocycles. The summed E-state index contributed by atoms with van der Waals surface area (Å²) in [4.78, 5) is 22.6. The minimum atomic E-state index is -1.21. The predicted molar refractivity (Wildman–Crippen MR) is 78.5 cm³/mol. The number of hydrogen-bond donors (Lipinski definition) is 3. The molecule has 2 aromatic rings. The first-order valence-electron chi connectivity index (χ1n) is 6.46. The largest absolute Gasteiger partial charge is 0.507 e. The molecule has 108 valence electrons. The zero-order valence-corrected chi connectivity index (χ0v) is 11.2. The minimum absolute atomic E-state index is 0.193. The highest BCUT2D eigenvalue weighted by atomic mass is 16.4. The molecular formula is C16H15NO4. The molecule has 0 heterocycles. The van der Waals surface area contributed by atoms with E-state index in [2.05, 4.69) is 5.32 Å². The smallest absolute Gasteiger partial charge is 0.339 e. The van der Waals surface area contributed by atoms with Gasteiger partial charge < -0.3 is 15.5 Å². The van der Waals surface area contributed by atoms with E-state index < -0.39 is 5.97 Å². The molecular weight excluding hydrogens is 270 g/mol. The number of phenols is 1. The van der Waals surface area contributed by atoms with E-state index in [1.54, 1.807) is 0 Å². The summed E-state index contributed by atoms with van der Waals surface area (Å²) >= 11 is 0. The fourth-order valence-corrected chi connectivity index (χ4v) is 1.92. The molecule has 0 saturated heterocycles. The van der Waals surface area contributed by atoms with Gasteiger partial charge in [0.15, 0.2) is 0 Å². The molecule has 0 bridgehead atoms. The summed E-state index contributed by atoms with van der Waals surface area (Å²) < 4.78 is 0. The van der Waals surface area contributed by atoms with Crippen molar-refractivity contribution in [1.82, 2.24) is 0 Å². The van der Waals surface area contributed by atoms with Crippen molar-refractivity contribution < 1.29 is 19.8 Å². The Morgan fingerprint density at radius 1 is 1.05 bits per heavy atom. The number of aromatic hydroxyl groups is 1. The Morgan fingerprint density at radius 3 is 2.38 bits per heavy atom. The van der Waals surface area contributed by atoms with Gasteiger partial charge in [-0.05, 0) is 24.1 Å². The van der Waals surface area contributed by atoms with E-state index in [-0.39, 0.29) is 17.2 Å². The van der Waals surface area contributed by atoms with Crippen LogP contribution in [0.25, 0.3) is 0 Å². The van der Waals surface area contributed by atoms with E-state index in [1.807, 2.05) is 30.3 Å². The van der Waals surface area contributed by atoms with E-state index >= 15 is 0 Å². The second-order valence-electron chi connectivity index (χ2n) is 4.57. The topological polar surface area (TPSA) is 86.6 Å². The number of carboxylic acid groups (broad SMARTS) is 1. The van der Waals surface area contributed by atoms with Crippen LogP contribution in [0.4, 0.5) is 5.69 Å². The Kier molecular flexibility index (Phi) is 4.56. The number of benzene rings is 2. The monoisotopic (exact) mass is 285 g/mol. The van der Waals surface area contributed by atoms with Gasteiger partial charge in [0, 0.05) is 18.2 Å². The molecule has 0 spiro atoms. The molecule has 3 N–H and O–H groups in total. The number of carbonyl (C=O) groups is 2. The summed E-state index contributed by atoms with van der Waals surface area (Å²) in [6.07, 6.45) is 0.928. The summed E-state index contributed by atoms with van der Waals surface area (Å²) in [5.41, 5.74) is 1.24. The first kappa shape index (κ1) is 14.6. The van der Waals surface area contributed by atoms with Gasteiger partial charge in [0.1, 0.15) is 11.3 Å². The number of carboxylic acids is 1. The number of nitrogens with one attached hydrogen (secondary N) is 1. The van der Waals surface area contributed by atoms with Crippen molar-refractivity contribution in [2.24, 2.45) is 0 Å². The van der Waals surface area contributed by atoms with E-state index in [0.29, 0.717) is 18.5 Å². The van der Waals surface area contributed by atoms with Crippen molar-refractivity contribution in [2.75, 3.05) is 5.32 Å². The van der Waals surface area contributed by atoms with Gasteiger partial charge in [-0.25, -0.2) is 4.79 Å². The molecule has 0 aromatic heterocycles. The first-order chi connectivity index (χ1) is 10.1. The summed E-state index contributed by atoms with van der Waals surface area (Å²) in [5.74, 6) is -1.78. The van der Waals surface area contributed by atoms with Crippen molar-refractivity contribution in [2.45, 2.75) is 12.8 Å². The molecule has 0 aliphatic heterocycles. The maximum absolute atomic E-state index is 11.8.